The van der Waals surface area contributed by atoms with Crippen molar-refractivity contribution in [2.24, 2.45) is 5.92 Å². The van der Waals surface area contributed by atoms with Crippen molar-refractivity contribution in [2.45, 2.75) is 25.7 Å². The molecule has 4 heteroatoms. The molecule has 1 saturated heterocycles. The minimum absolute atomic E-state index is 0.0167. The molecule has 0 radical (unpaired) electrons. The average Bonchev–Trinajstić information content (AvgIpc) is 2.68. The minimum Gasteiger partial charge on any atom is -0.462 e. The van der Waals surface area contributed by atoms with Crippen LogP contribution in [0.15, 0.2) is 54.6 Å². The van der Waals surface area contributed by atoms with E-state index >= 15 is 0 Å². The summed E-state index contributed by atoms with van der Waals surface area (Å²) in [5, 5.41) is 0. The maximum atomic E-state index is 13.6. The van der Waals surface area contributed by atoms with E-state index in [-0.39, 0.29) is 5.56 Å². The average molecular weight is 355 g/mol. The third-order valence-electron chi connectivity index (χ3n) is 4.93. The summed E-state index contributed by atoms with van der Waals surface area (Å²) in [6.45, 7) is 3.47. The molecule has 3 nitrogen and oxygen atoms in total. The van der Waals surface area contributed by atoms with Gasteiger partial charge in [0.1, 0.15) is 5.82 Å². The van der Waals surface area contributed by atoms with Crippen LogP contribution in [0, 0.1) is 11.7 Å². The van der Waals surface area contributed by atoms with Crippen LogP contribution in [-0.4, -0.2) is 37.1 Å². The Morgan fingerprint density at radius 2 is 1.88 bits per heavy atom. The third-order valence-corrected chi connectivity index (χ3v) is 4.93. The fraction of sp³-hybridized carbons (Fsp3) is 0.409. The Morgan fingerprint density at radius 1 is 1.12 bits per heavy atom. The number of nitrogens with zero attached hydrogens (tertiary/aromatic N) is 1. The summed E-state index contributed by atoms with van der Waals surface area (Å²) in [4.78, 5) is 14.5. The zero-order valence-corrected chi connectivity index (χ0v) is 15.1. The first-order chi connectivity index (χ1) is 12.7. The second kappa shape index (κ2) is 9.48. The maximum absolute atomic E-state index is 13.6. The zero-order chi connectivity index (χ0) is 18.2. The first-order valence-corrected chi connectivity index (χ1v) is 9.40. The second-order valence-electron chi connectivity index (χ2n) is 6.98. The van der Waals surface area contributed by atoms with Crippen LogP contribution in [0.4, 0.5) is 4.39 Å². The fourth-order valence-corrected chi connectivity index (χ4v) is 3.54. The van der Waals surface area contributed by atoms with E-state index < -0.39 is 11.8 Å². The van der Waals surface area contributed by atoms with Gasteiger partial charge in [-0.3, -0.25) is 0 Å². The molecular weight excluding hydrogens is 329 g/mol. The van der Waals surface area contributed by atoms with Crippen LogP contribution in [0.25, 0.3) is 0 Å². The summed E-state index contributed by atoms with van der Waals surface area (Å²) in [7, 11) is 0. The van der Waals surface area contributed by atoms with Crippen molar-refractivity contribution < 1.29 is 13.9 Å². The Hall–Kier alpha value is -2.20. The molecule has 0 amide bonds. The molecule has 1 unspecified atom stereocenters. The molecule has 0 N–H and O–H groups in total. The molecule has 0 spiro atoms. The second-order valence-corrected chi connectivity index (χ2v) is 6.98. The highest BCUT2D eigenvalue weighted by molar-refractivity contribution is 5.89. The molecule has 1 aliphatic rings. The van der Waals surface area contributed by atoms with Crippen LogP contribution < -0.4 is 0 Å². The zero-order valence-electron chi connectivity index (χ0n) is 15.1. The quantitative estimate of drug-likeness (QED) is 0.693. The van der Waals surface area contributed by atoms with Crippen molar-refractivity contribution in [3.05, 3.63) is 71.5 Å². The molecule has 0 bridgehead atoms. The van der Waals surface area contributed by atoms with E-state index in [1.54, 1.807) is 12.1 Å². The molecule has 1 aliphatic heterocycles. The summed E-state index contributed by atoms with van der Waals surface area (Å²) >= 11 is 0. The largest absolute Gasteiger partial charge is 0.462 e. The highest BCUT2D eigenvalue weighted by Gasteiger charge is 2.22. The van der Waals surface area contributed by atoms with Gasteiger partial charge in [0, 0.05) is 12.5 Å². The predicted octanol–water partition coefficient (Wildman–Crippen LogP) is 4.33. The number of hydrogen-bond donors (Lipinski definition) is 0. The number of halogens is 1. The summed E-state index contributed by atoms with van der Waals surface area (Å²) < 4.78 is 19.0. The number of esters is 1. The molecule has 2 aromatic rings. The number of piperidine rings is 1. The van der Waals surface area contributed by atoms with Crippen LogP contribution in [0.5, 0.6) is 0 Å². The summed E-state index contributed by atoms with van der Waals surface area (Å²) in [5.74, 6) is -0.760. The number of likely N-dealkylation sites (tertiary alicyclic amines) is 1. The minimum atomic E-state index is -0.565. The van der Waals surface area contributed by atoms with Crippen molar-refractivity contribution in [1.82, 2.24) is 4.90 Å². The van der Waals surface area contributed by atoms with Gasteiger partial charge in [0.15, 0.2) is 0 Å². The summed E-state index contributed by atoms with van der Waals surface area (Å²) in [5.41, 5.74) is 1.39. The normalized spacial score (nSPS) is 17.8. The Bertz CT molecular complexity index is 704. The monoisotopic (exact) mass is 355 g/mol. The van der Waals surface area contributed by atoms with E-state index in [0.29, 0.717) is 12.5 Å². The number of carbonyl (C=O) groups is 1. The summed E-state index contributed by atoms with van der Waals surface area (Å²) in [6, 6.07) is 16.5. The highest BCUT2D eigenvalue weighted by Crippen LogP contribution is 2.18. The lowest BCUT2D eigenvalue weighted by Gasteiger charge is -2.32. The SMILES string of the molecule is O=C(OCC1CCCN(CCCc2ccccc2)C1)c1ccccc1F. The van der Waals surface area contributed by atoms with E-state index in [9.17, 15) is 9.18 Å². The van der Waals surface area contributed by atoms with E-state index in [4.69, 9.17) is 4.74 Å². The van der Waals surface area contributed by atoms with Gasteiger partial charge >= 0.3 is 5.97 Å². The summed E-state index contributed by atoms with van der Waals surface area (Å²) in [6.07, 6.45) is 4.39. The van der Waals surface area contributed by atoms with Crippen molar-refractivity contribution >= 4 is 5.97 Å². The molecule has 1 fully saturated rings. The topological polar surface area (TPSA) is 29.5 Å². The number of aryl methyl sites for hydroxylation is 1. The first-order valence-electron chi connectivity index (χ1n) is 9.40. The molecule has 0 aliphatic carbocycles. The van der Waals surface area contributed by atoms with Crippen LogP contribution in [0.3, 0.4) is 0 Å². The van der Waals surface area contributed by atoms with Gasteiger partial charge in [-0.2, -0.15) is 0 Å². The Morgan fingerprint density at radius 3 is 2.69 bits per heavy atom. The highest BCUT2D eigenvalue weighted by atomic mass is 19.1. The van der Waals surface area contributed by atoms with Gasteiger partial charge in [-0.1, -0.05) is 42.5 Å². The smallest absolute Gasteiger partial charge is 0.341 e. The number of rotatable bonds is 7. The lowest BCUT2D eigenvalue weighted by atomic mass is 9.98. The van der Waals surface area contributed by atoms with Gasteiger partial charge < -0.3 is 9.64 Å². The Balaban J connectivity index is 1.40. The number of hydrogen-bond acceptors (Lipinski definition) is 3. The van der Waals surface area contributed by atoms with E-state index in [0.717, 1.165) is 45.3 Å². The van der Waals surface area contributed by atoms with E-state index in [1.807, 2.05) is 6.07 Å². The Kier molecular flexibility index (Phi) is 6.78. The first kappa shape index (κ1) is 18.6. The van der Waals surface area contributed by atoms with Crippen LogP contribution >= 0.6 is 0 Å². The maximum Gasteiger partial charge on any atom is 0.341 e. The van der Waals surface area contributed by atoms with Crippen LogP contribution in [0.1, 0.15) is 35.2 Å². The molecule has 138 valence electrons. The van der Waals surface area contributed by atoms with Gasteiger partial charge in [-0.15, -0.1) is 0 Å². The van der Waals surface area contributed by atoms with Gasteiger partial charge in [-0.25, -0.2) is 9.18 Å². The molecule has 0 saturated carbocycles. The van der Waals surface area contributed by atoms with Crippen LogP contribution in [-0.2, 0) is 11.2 Å². The van der Waals surface area contributed by atoms with E-state index in [2.05, 4.69) is 29.2 Å². The number of ether oxygens (including phenoxy) is 1. The molecular formula is C22H26FNO2. The Labute approximate surface area is 154 Å². The lowest BCUT2D eigenvalue weighted by molar-refractivity contribution is 0.0349. The van der Waals surface area contributed by atoms with Crippen LogP contribution in [0.2, 0.25) is 0 Å². The van der Waals surface area contributed by atoms with Crippen molar-refractivity contribution in [2.75, 3.05) is 26.2 Å². The molecule has 0 aromatic heterocycles. The van der Waals surface area contributed by atoms with Gasteiger partial charge in [0.2, 0.25) is 0 Å². The third kappa shape index (κ3) is 5.40. The molecule has 2 aromatic carbocycles. The van der Waals surface area contributed by atoms with E-state index in [1.165, 1.54) is 17.7 Å². The van der Waals surface area contributed by atoms with Gasteiger partial charge in [-0.05, 0) is 56.5 Å². The van der Waals surface area contributed by atoms with Crippen molar-refractivity contribution in [1.29, 1.82) is 0 Å². The molecule has 3 rings (SSSR count). The van der Waals surface area contributed by atoms with Crippen molar-refractivity contribution in [3.63, 3.8) is 0 Å². The lowest BCUT2D eigenvalue weighted by Crippen LogP contribution is -2.38. The fourth-order valence-electron chi connectivity index (χ4n) is 3.54. The number of carbonyl (C=O) groups excluding carboxylic acids is 1. The molecule has 1 heterocycles. The van der Waals surface area contributed by atoms with Crippen molar-refractivity contribution in [3.8, 4) is 0 Å². The van der Waals surface area contributed by atoms with Gasteiger partial charge in [0.25, 0.3) is 0 Å². The standard InChI is InChI=1S/C22H26FNO2/c23-21-13-5-4-12-20(21)22(25)26-17-19-11-7-15-24(16-19)14-6-10-18-8-2-1-3-9-18/h1-5,8-9,12-13,19H,6-7,10-11,14-17H2. The molecule has 26 heavy (non-hydrogen) atoms. The number of benzene rings is 2. The van der Waals surface area contributed by atoms with Gasteiger partial charge in [0.05, 0.1) is 12.2 Å². The molecule has 1 atom stereocenters. The predicted molar refractivity (Wildman–Crippen MR) is 101 cm³/mol.